The molecule has 0 bridgehead atoms. The van der Waals surface area contributed by atoms with Gasteiger partial charge in [0.05, 0.1) is 5.69 Å². The molecule has 0 saturated heterocycles. The van der Waals surface area contributed by atoms with Gasteiger partial charge in [-0.1, -0.05) is 24.3 Å². The first kappa shape index (κ1) is 11.7. The zero-order valence-corrected chi connectivity index (χ0v) is 10.8. The van der Waals surface area contributed by atoms with Gasteiger partial charge in [0.15, 0.2) is 0 Å². The maximum absolute atomic E-state index is 4.36. The van der Waals surface area contributed by atoms with Crippen LogP contribution in [0, 0.1) is 6.92 Å². The van der Waals surface area contributed by atoms with Crippen molar-refractivity contribution >= 4 is 0 Å². The highest BCUT2D eigenvalue weighted by molar-refractivity contribution is 5.58. The lowest BCUT2D eigenvalue weighted by molar-refractivity contribution is 0.992. The first-order valence-electron chi connectivity index (χ1n) is 6.32. The van der Waals surface area contributed by atoms with Crippen LogP contribution >= 0.6 is 0 Å². The summed E-state index contributed by atoms with van der Waals surface area (Å²) in [5.74, 6) is 0. The van der Waals surface area contributed by atoms with E-state index in [1.807, 2.05) is 12.1 Å². The van der Waals surface area contributed by atoms with Crippen molar-refractivity contribution in [3.63, 3.8) is 0 Å². The van der Waals surface area contributed by atoms with Crippen LogP contribution in [0.1, 0.15) is 16.8 Å². The fourth-order valence-electron chi connectivity index (χ4n) is 2.14. The number of aryl methyl sites for hydroxylation is 1. The second-order valence-electron chi connectivity index (χ2n) is 4.62. The number of aromatic nitrogens is 3. The van der Waals surface area contributed by atoms with E-state index in [-0.39, 0.29) is 0 Å². The van der Waals surface area contributed by atoms with E-state index in [4.69, 9.17) is 0 Å². The van der Waals surface area contributed by atoms with Gasteiger partial charge in [0.2, 0.25) is 0 Å². The van der Waals surface area contributed by atoms with E-state index < -0.39 is 0 Å². The molecule has 0 spiro atoms. The zero-order valence-electron chi connectivity index (χ0n) is 10.8. The third-order valence-electron chi connectivity index (χ3n) is 3.25. The van der Waals surface area contributed by atoms with Gasteiger partial charge in [-0.15, -0.1) is 0 Å². The van der Waals surface area contributed by atoms with E-state index in [1.165, 1.54) is 11.1 Å². The van der Waals surface area contributed by atoms with Crippen molar-refractivity contribution < 1.29 is 0 Å². The number of nitrogens with zero attached hydrogens (tertiary/aromatic N) is 2. The van der Waals surface area contributed by atoms with Gasteiger partial charge < -0.3 is 0 Å². The van der Waals surface area contributed by atoms with Crippen molar-refractivity contribution in [3.05, 3.63) is 71.7 Å². The molecule has 2 aromatic heterocycles. The lowest BCUT2D eigenvalue weighted by Crippen LogP contribution is -1.91. The topological polar surface area (TPSA) is 41.6 Å². The Kier molecular flexibility index (Phi) is 3.11. The quantitative estimate of drug-likeness (QED) is 0.773. The number of benzene rings is 1. The van der Waals surface area contributed by atoms with E-state index in [2.05, 4.69) is 52.4 Å². The number of pyridine rings is 1. The molecule has 0 aliphatic rings. The lowest BCUT2D eigenvalue weighted by Gasteiger charge is -2.02. The first-order valence-corrected chi connectivity index (χ1v) is 6.32. The Hall–Kier alpha value is -2.42. The summed E-state index contributed by atoms with van der Waals surface area (Å²) in [6.07, 6.45) is 4.45. The summed E-state index contributed by atoms with van der Waals surface area (Å²) in [6.45, 7) is 2.13. The summed E-state index contributed by atoms with van der Waals surface area (Å²) in [6, 6.07) is 14.5. The molecule has 0 amide bonds. The number of H-pyrrole nitrogens is 1. The Balaban J connectivity index is 1.85. The molecule has 19 heavy (non-hydrogen) atoms. The van der Waals surface area contributed by atoms with Crippen LogP contribution in [0.25, 0.3) is 11.3 Å². The average molecular weight is 249 g/mol. The molecule has 94 valence electrons. The minimum atomic E-state index is 0.880. The largest absolute Gasteiger partial charge is 0.282 e. The summed E-state index contributed by atoms with van der Waals surface area (Å²) in [4.78, 5) is 4.02. The van der Waals surface area contributed by atoms with Crippen LogP contribution in [0.5, 0.6) is 0 Å². The van der Waals surface area contributed by atoms with Gasteiger partial charge in [0.25, 0.3) is 0 Å². The Morgan fingerprint density at radius 1 is 1.05 bits per heavy atom. The molecule has 2 heterocycles. The number of rotatable bonds is 3. The van der Waals surface area contributed by atoms with E-state index in [0.29, 0.717) is 0 Å². The van der Waals surface area contributed by atoms with Crippen molar-refractivity contribution in [1.82, 2.24) is 15.2 Å². The number of aromatic amines is 1. The standard InChI is InChI=1S/C16H15N3/c1-12-4-2-3-5-14(12)10-15-11-16(19-18-15)13-6-8-17-9-7-13/h2-9,11H,10H2,1H3,(H,18,19). The molecule has 0 aliphatic carbocycles. The van der Waals surface area contributed by atoms with Crippen LogP contribution in [-0.4, -0.2) is 15.2 Å². The lowest BCUT2D eigenvalue weighted by atomic mass is 10.0. The summed E-state index contributed by atoms with van der Waals surface area (Å²) in [7, 11) is 0. The Morgan fingerprint density at radius 3 is 2.63 bits per heavy atom. The smallest absolute Gasteiger partial charge is 0.0924 e. The Morgan fingerprint density at radius 2 is 1.84 bits per heavy atom. The second-order valence-corrected chi connectivity index (χ2v) is 4.62. The highest BCUT2D eigenvalue weighted by atomic mass is 15.1. The molecule has 0 unspecified atom stereocenters. The Bertz CT molecular complexity index is 671. The van der Waals surface area contributed by atoms with Crippen LogP contribution in [0.15, 0.2) is 54.9 Å². The normalized spacial score (nSPS) is 10.6. The average Bonchev–Trinajstić information content (AvgIpc) is 2.91. The summed E-state index contributed by atoms with van der Waals surface area (Å²) in [5.41, 5.74) is 5.81. The van der Waals surface area contributed by atoms with Crippen molar-refractivity contribution in [2.45, 2.75) is 13.3 Å². The van der Waals surface area contributed by atoms with Crippen LogP contribution in [0.3, 0.4) is 0 Å². The maximum atomic E-state index is 4.36. The number of hydrogen-bond donors (Lipinski definition) is 1. The molecule has 3 aromatic rings. The van der Waals surface area contributed by atoms with Crippen molar-refractivity contribution in [2.75, 3.05) is 0 Å². The highest BCUT2D eigenvalue weighted by Crippen LogP contribution is 2.18. The van der Waals surface area contributed by atoms with Crippen LogP contribution in [0.4, 0.5) is 0 Å². The van der Waals surface area contributed by atoms with Crippen LogP contribution in [0.2, 0.25) is 0 Å². The van der Waals surface area contributed by atoms with Gasteiger partial charge in [-0.25, -0.2) is 0 Å². The molecule has 0 radical (unpaired) electrons. The first-order chi connectivity index (χ1) is 9.33. The highest BCUT2D eigenvalue weighted by Gasteiger charge is 2.05. The van der Waals surface area contributed by atoms with E-state index in [9.17, 15) is 0 Å². The molecule has 3 heteroatoms. The predicted octanol–water partition coefficient (Wildman–Crippen LogP) is 3.37. The van der Waals surface area contributed by atoms with Gasteiger partial charge >= 0.3 is 0 Å². The third-order valence-corrected chi connectivity index (χ3v) is 3.25. The molecule has 3 rings (SSSR count). The van der Waals surface area contributed by atoms with E-state index in [0.717, 1.165) is 23.4 Å². The van der Waals surface area contributed by atoms with Crippen molar-refractivity contribution in [1.29, 1.82) is 0 Å². The fraction of sp³-hybridized carbons (Fsp3) is 0.125. The molecule has 0 aliphatic heterocycles. The minimum Gasteiger partial charge on any atom is -0.282 e. The molecular weight excluding hydrogens is 234 g/mol. The van der Waals surface area contributed by atoms with Crippen molar-refractivity contribution in [2.24, 2.45) is 0 Å². The molecule has 0 saturated carbocycles. The predicted molar refractivity (Wildman–Crippen MR) is 75.8 cm³/mol. The number of hydrogen-bond acceptors (Lipinski definition) is 2. The third kappa shape index (κ3) is 2.55. The van der Waals surface area contributed by atoms with Gasteiger partial charge in [0, 0.05) is 30.1 Å². The zero-order chi connectivity index (χ0) is 13.1. The summed E-state index contributed by atoms with van der Waals surface area (Å²) < 4.78 is 0. The van der Waals surface area contributed by atoms with E-state index in [1.54, 1.807) is 12.4 Å². The molecule has 1 aromatic carbocycles. The van der Waals surface area contributed by atoms with E-state index >= 15 is 0 Å². The van der Waals surface area contributed by atoms with Crippen LogP contribution in [-0.2, 0) is 6.42 Å². The molecule has 0 atom stereocenters. The molecular formula is C16H15N3. The maximum Gasteiger partial charge on any atom is 0.0924 e. The Labute approximate surface area is 112 Å². The monoisotopic (exact) mass is 249 g/mol. The SMILES string of the molecule is Cc1ccccc1Cc1cc(-c2ccncc2)n[nH]1. The molecule has 1 N–H and O–H groups in total. The second kappa shape index (κ2) is 5.06. The van der Waals surface area contributed by atoms with Gasteiger partial charge in [-0.3, -0.25) is 10.1 Å². The van der Waals surface area contributed by atoms with Gasteiger partial charge in [-0.05, 0) is 36.2 Å². The molecule has 0 fully saturated rings. The minimum absolute atomic E-state index is 0.880. The summed E-state index contributed by atoms with van der Waals surface area (Å²) in [5, 5.41) is 7.47. The van der Waals surface area contributed by atoms with Gasteiger partial charge in [0.1, 0.15) is 0 Å². The number of nitrogens with one attached hydrogen (secondary N) is 1. The summed E-state index contributed by atoms with van der Waals surface area (Å²) >= 11 is 0. The van der Waals surface area contributed by atoms with Gasteiger partial charge in [-0.2, -0.15) is 5.10 Å². The van der Waals surface area contributed by atoms with Crippen molar-refractivity contribution in [3.8, 4) is 11.3 Å². The molecule has 3 nitrogen and oxygen atoms in total. The fourth-order valence-corrected chi connectivity index (χ4v) is 2.14. The van der Waals surface area contributed by atoms with Crippen LogP contribution < -0.4 is 0 Å².